The molecule has 6 nitrogen and oxygen atoms in total. The fraction of sp³-hybridized carbons (Fsp3) is 0.769. The molecule has 104 valence electrons. The van der Waals surface area contributed by atoms with Crippen LogP contribution in [0.25, 0.3) is 0 Å². The molecule has 2 fully saturated rings. The topological polar surface area (TPSA) is 80.1 Å². The molecule has 1 saturated heterocycles. The van der Waals surface area contributed by atoms with Crippen molar-refractivity contribution < 1.29 is 9.21 Å². The molecular formula is C13H20N4O2. The average molecular weight is 264 g/mol. The summed E-state index contributed by atoms with van der Waals surface area (Å²) in [6.45, 7) is 3.76. The molecule has 2 N–H and O–H groups in total. The van der Waals surface area contributed by atoms with E-state index in [0.717, 1.165) is 45.2 Å². The molecule has 1 unspecified atom stereocenters. The van der Waals surface area contributed by atoms with Crippen molar-refractivity contribution in [1.29, 1.82) is 0 Å². The summed E-state index contributed by atoms with van der Waals surface area (Å²) in [5, 5.41) is 14.0. The third kappa shape index (κ3) is 2.49. The Morgan fingerprint density at radius 1 is 1.53 bits per heavy atom. The van der Waals surface area contributed by atoms with Gasteiger partial charge in [0.2, 0.25) is 11.8 Å². The maximum Gasteiger partial charge on any atom is 0.322 e. The van der Waals surface area contributed by atoms with Gasteiger partial charge in [0.15, 0.2) is 0 Å². The first kappa shape index (κ1) is 12.6. The Hall–Kier alpha value is -1.43. The maximum absolute atomic E-state index is 12.4. The van der Waals surface area contributed by atoms with Crippen molar-refractivity contribution >= 4 is 11.9 Å². The molecule has 1 aromatic heterocycles. The van der Waals surface area contributed by atoms with Gasteiger partial charge in [0, 0.05) is 12.5 Å². The number of carbonyl (C=O) groups is 1. The van der Waals surface area contributed by atoms with E-state index in [1.54, 1.807) is 0 Å². The number of hydrogen-bond donors (Lipinski definition) is 2. The first-order chi connectivity index (χ1) is 9.23. The molecule has 0 radical (unpaired) electrons. The predicted octanol–water partition coefficient (Wildman–Crippen LogP) is 1.67. The molecule has 19 heavy (non-hydrogen) atoms. The van der Waals surface area contributed by atoms with Crippen LogP contribution in [-0.2, 0) is 4.79 Å². The van der Waals surface area contributed by atoms with Crippen molar-refractivity contribution in [3.05, 3.63) is 5.89 Å². The number of aromatic nitrogens is 2. The van der Waals surface area contributed by atoms with E-state index in [1.807, 2.05) is 0 Å². The van der Waals surface area contributed by atoms with Crippen molar-refractivity contribution in [2.75, 3.05) is 18.4 Å². The van der Waals surface area contributed by atoms with E-state index in [2.05, 4.69) is 27.8 Å². The first-order valence-electron chi connectivity index (χ1n) is 7.09. The monoisotopic (exact) mass is 264 g/mol. The quantitative estimate of drug-likeness (QED) is 0.864. The summed E-state index contributed by atoms with van der Waals surface area (Å²) in [5.41, 5.74) is -0.341. The summed E-state index contributed by atoms with van der Waals surface area (Å²) in [5.74, 6) is 1.06. The Morgan fingerprint density at radius 3 is 3.00 bits per heavy atom. The van der Waals surface area contributed by atoms with Crippen LogP contribution in [0.2, 0.25) is 0 Å². The fourth-order valence-electron chi connectivity index (χ4n) is 2.63. The van der Waals surface area contributed by atoms with Crippen LogP contribution in [0.3, 0.4) is 0 Å². The van der Waals surface area contributed by atoms with Gasteiger partial charge in [0.1, 0.15) is 0 Å². The summed E-state index contributed by atoms with van der Waals surface area (Å²) in [6.07, 6.45) is 4.97. The van der Waals surface area contributed by atoms with E-state index in [-0.39, 0.29) is 17.3 Å². The molecule has 0 spiro atoms. The van der Waals surface area contributed by atoms with Gasteiger partial charge in [-0.2, -0.15) is 0 Å². The maximum atomic E-state index is 12.4. The SMILES string of the molecule is CCC1(C(=O)Nc2nnc(C3CC3)o2)CCCNC1. The van der Waals surface area contributed by atoms with Crippen molar-refractivity contribution in [3.63, 3.8) is 0 Å². The van der Waals surface area contributed by atoms with Gasteiger partial charge in [-0.05, 0) is 38.6 Å². The minimum Gasteiger partial charge on any atom is -0.408 e. The Kier molecular flexibility index (Phi) is 3.26. The molecule has 2 aliphatic rings. The summed E-state index contributed by atoms with van der Waals surface area (Å²) in [4.78, 5) is 12.4. The molecule has 6 heteroatoms. The van der Waals surface area contributed by atoms with Gasteiger partial charge in [-0.15, -0.1) is 5.10 Å². The highest BCUT2D eigenvalue weighted by Gasteiger charge is 2.38. The van der Waals surface area contributed by atoms with Gasteiger partial charge in [0.25, 0.3) is 0 Å². The molecule has 1 saturated carbocycles. The number of rotatable bonds is 4. The second-order valence-electron chi connectivity index (χ2n) is 5.59. The number of nitrogens with zero attached hydrogens (tertiary/aromatic N) is 2. The minimum absolute atomic E-state index is 0.00630. The standard InChI is InChI=1S/C13H20N4O2/c1-2-13(6-3-7-14-8-13)11(18)15-12-17-16-10(19-12)9-4-5-9/h9,14H,2-8H2,1H3,(H,15,17,18). The Balaban J connectivity index is 1.68. The molecule has 1 aromatic rings. The first-order valence-corrected chi connectivity index (χ1v) is 7.09. The second-order valence-corrected chi connectivity index (χ2v) is 5.59. The number of piperidine rings is 1. The zero-order valence-electron chi connectivity index (χ0n) is 11.2. The predicted molar refractivity (Wildman–Crippen MR) is 69.7 cm³/mol. The van der Waals surface area contributed by atoms with Crippen LogP contribution in [0, 0.1) is 5.41 Å². The van der Waals surface area contributed by atoms with Crippen LogP contribution < -0.4 is 10.6 Å². The Labute approximate surface area is 112 Å². The van der Waals surface area contributed by atoms with E-state index in [0.29, 0.717) is 11.8 Å². The number of nitrogens with one attached hydrogen (secondary N) is 2. The van der Waals surface area contributed by atoms with E-state index in [4.69, 9.17) is 4.42 Å². The number of amides is 1. The number of carbonyl (C=O) groups excluding carboxylic acids is 1. The lowest BCUT2D eigenvalue weighted by Gasteiger charge is -2.34. The third-order valence-corrected chi connectivity index (χ3v) is 4.22. The van der Waals surface area contributed by atoms with E-state index >= 15 is 0 Å². The normalized spacial score (nSPS) is 27.2. The van der Waals surface area contributed by atoms with E-state index in [9.17, 15) is 4.79 Å². The second kappa shape index (κ2) is 4.92. The average Bonchev–Trinajstić information content (AvgIpc) is 3.20. The highest BCUT2D eigenvalue weighted by Crippen LogP contribution is 2.39. The third-order valence-electron chi connectivity index (χ3n) is 4.22. The van der Waals surface area contributed by atoms with Crippen LogP contribution in [0.1, 0.15) is 50.8 Å². The van der Waals surface area contributed by atoms with Crippen LogP contribution in [0.5, 0.6) is 0 Å². The molecular weight excluding hydrogens is 244 g/mol. The number of hydrogen-bond acceptors (Lipinski definition) is 5. The summed E-state index contributed by atoms with van der Waals surface area (Å²) in [7, 11) is 0. The fourth-order valence-corrected chi connectivity index (χ4v) is 2.63. The van der Waals surface area contributed by atoms with Gasteiger partial charge in [-0.3, -0.25) is 10.1 Å². The molecule has 1 aliphatic heterocycles. The van der Waals surface area contributed by atoms with E-state index < -0.39 is 0 Å². The molecule has 0 aromatic carbocycles. The zero-order chi connectivity index (χ0) is 13.3. The smallest absolute Gasteiger partial charge is 0.322 e. The molecule has 1 atom stereocenters. The van der Waals surface area contributed by atoms with Crippen molar-refractivity contribution in [1.82, 2.24) is 15.5 Å². The zero-order valence-corrected chi connectivity index (χ0v) is 11.2. The Bertz CT molecular complexity index is 461. The van der Waals surface area contributed by atoms with Gasteiger partial charge in [0.05, 0.1) is 5.41 Å². The summed E-state index contributed by atoms with van der Waals surface area (Å²) < 4.78 is 5.48. The lowest BCUT2D eigenvalue weighted by atomic mass is 9.77. The van der Waals surface area contributed by atoms with Gasteiger partial charge in [-0.25, -0.2) is 0 Å². The lowest BCUT2D eigenvalue weighted by molar-refractivity contribution is -0.127. The van der Waals surface area contributed by atoms with Crippen LogP contribution in [-0.4, -0.2) is 29.2 Å². The summed E-state index contributed by atoms with van der Waals surface area (Å²) >= 11 is 0. The van der Waals surface area contributed by atoms with Gasteiger partial charge < -0.3 is 9.73 Å². The molecule has 1 amide bonds. The van der Waals surface area contributed by atoms with Crippen LogP contribution in [0.15, 0.2) is 4.42 Å². The number of anilines is 1. The van der Waals surface area contributed by atoms with Crippen LogP contribution >= 0.6 is 0 Å². The van der Waals surface area contributed by atoms with Crippen LogP contribution in [0.4, 0.5) is 6.01 Å². The summed E-state index contributed by atoms with van der Waals surface area (Å²) in [6, 6.07) is 0.241. The van der Waals surface area contributed by atoms with Crippen molar-refractivity contribution in [2.24, 2.45) is 5.41 Å². The highest BCUT2D eigenvalue weighted by atomic mass is 16.4. The van der Waals surface area contributed by atoms with E-state index in [1.165, 1.54) is 0 Å². The van der Waals surface area contributed by atoms with Gasteiger partial charge >= 0.3 is 6.01 Å². The highest BCUT2D eigenvalue weighted by molar-refractivity contribution is 5.93. The van der Waals surface area contributed by atoms with Gasteiger partial charge in [-0.1, -0.05) is 12.0 Å². The molecule has 2 heterocycles. The molecule has 0 bridgehead atoms. The minimum atomic E-state index is -0.341. The molecule has 1 aliphatic carbocycles. The lowest BCUT2D eigenvalue weighted by Crippen LogP contribution is -2.47. The Morgan fingerprint density at radius 2 is 2.37 bits per heavy atom. The molecule has 3 rings (SSSR count). The van der Waals surface area contributed by atoms with Crippen molar-refractivity contribution in [3.8, 4) is 0 Å². The van der Waals surface area contributed by atoms with Crippen molar-refractivity contribution in [2.45, 2.75) is 44.9 Å². The largest absolute Gasteiger partial charge is 0.408 e.